The van der Waals surface area contributed by atoms with E-state index in [4.69, 9.17) is 14.2 Å². The average molecular weight is 370 g/mol. The molecule has 2 aromatic rings. The van der Waals surface area contributed by atoms with Gasteiger partial charge in [-0.15, -0.1) is 0 Å². The van der Waals surface area contributed by atoms with Crippen molar-refractivity contribution < 1.29 is 19.0 Å². The number of carbonyl (C=O) groups is 1. The number of benzene rings is 2. The van der Waals surface area contributed by atoms with E-state index >= 15 is 0 Å². The summed E-state index contributed by atoms with van der Waals surface area (Å²) in [5, 5.41) is 6.27. The van der Waals surface area contributed by atoms with Crippen LogP contribution >= 0.6 is 0 Å². The van der Waals surface area contributed by atoms with E-state index in [1.54, 1.807) is 0 Å². The summed E-state index contributed by atoms with van der Waals surface area (Å²) in [5.41, 5.74) is 2.03. The van der Waals surface area contributed by atoms with Gasteiger partial charge >= 0.3 is 0 Å². The summed E-state index contributed by atoms with van der Waals surface area (Å²) in [6.07, 6.45) is 0. The number of hydrogen-bond donors (Lipinski definition) is 2. The van der Waals surface area contributed by atoms with Crippen molar-refractivity contribution >= 4 is 5.91 Å². The number of carbonyl (C=O) groups excluding carboxylic acids is 1. The van der Waals surface area contributed by atoms with Gasteiger partial charge in [0.25, 0.3) is 5.91 Å². The molecule has 0 aliphatic carbocycles. The molecular weight excluding hydrogens is 344 g/mol. The highest BCUT2D eigenvalue weighted by atomic mass is 16.7. The van der Waals surface area contributed by atoms with Crippen molar-refractivity contribution in [1.82, 2.24) is 10.6 Å². The molecule has 6 heteroatoms. The molecule has 0 fully saturated rings. The monoisotopic (exact) mass is 370 g/mol. The molecule has 2 aromatic carbocycles. The zero-order valence-corrected chi connectivity index (χ0v) is 16.0. The smallest absolute Gasteiger partial charge is 0.258 e. The first-order valence-corrected chi connectivity index (χ1v) is 9.01. The van der Waals surface area contributed by atoms with Gasteiger partial charge in [0.15, 0.2) is 18.1 Å². The quantitative estimate of drug-likeness (QED) is 0.784. The summed E-state index contributed by atoms with van der Waals surface area (Å²) in [5.74, 6) is 2.15. The minimum Gasteiger partial charge on any atom is -0.484 e. The van der Waals surface area contributed by atoms with Crippen LogP contribution in [0.2, 0.25) is 0 Å². The fraction of sp³-hybridized carbons (Fsp3) is 0.381. The standard InChI is InChI=1S/C21H26N2O4/c1-21(2,3)23-20(24)13-25-17-7-4-15(5-8-17)11-22-12-16-6-9-18-19(10-16)27-14-26-18/h4-10,22H,11-14H2,1-3H3,(H,23,24). The summed E-state index contributed by atoms with van der Waals surface area (Å²) in [4.78, 5) is 11.8. The van der Waals surface area contributed by atoms with Crippen LogP contribution in [0.4, 0.5) is 0 Å². The van der Waals surface area contributed by atoms with Crippen molar-refractivity contribution in [2.45, 2.75) is 39.4 Å². The van der Waals surface area contributed by atoms with Crippen molar-refractivity contribution in [1.29, 1.82) is 0 Å². The van der Waals surface area contributed by atoms with Crippen LogP contribution in [0.3, 0.4) is 0 Å². The third kappa shape index (κ3) is 5.89. The SMILES string of the molecule is CC(C)(C)NC(=O)COc1ccc(CNCc2ccc3c(c2)OCO3)cc1. The van der Waals surface area contributed by atoms with Crippen LogP contribution in [0.1, 0.15) is 31.9 Å². The molecule has 1 aliphatic rings. The maximum atomic E-state index is 11.8. The zero-order valence-electron chi connectivity index (χ0n) is 16.0. The van der Waals surface area contributed by atoms with Gasteiger partial charge in [0.2, 0.25) is 6.79 Å². The molecule has 1 aliphatic heterocycles. The average Bonchev–Trinajstić information content (AvgIpc) is 3.07. The lowest BCUT2D eigenvalue weighted by molar-refractivity contribution is -0.124. The van der Waals surface area contributed by atoms with Crippen LogP contribution in [-0.2, 0) is 17.9 Å². The second-order valence-electron chi connectivity index (χ2n) is 7.52. The molecule has 0 radical (unpaired) electrons. The van der Waals surface area contributed by atoms with Crippen LogP contribution in [0.15, 0.2) is 42.5 Å². The van der Waals surface area contributed by atoms with Crippen LogP contribution in [0.25, 0.3) is 0 Å². The molecule has 1 heterocycles. The number of fused-ring (bicyclic) bond motifs is 1. The molecule has 0 spiro atoms. The van der Waals surface area contributed by atoms with Gasteiger partial charge in [0.1, 0.15) is 5.75 Å². The number of nitrogens with one attached hydrogen (secondary N) is 2. The van der Waals surface area contributed by atoms with Crippen LogP contribution in [0, 0.1) is 0 Å². The van der Waals surface area contributed by atoms with Crippen molar-refractivity contribution in [3.8, 4) is 17.2 Å². The molecule has 27 heavy (non-hydrogen) atoms. The normalized spacial score (nSPS) is 12.7. The largest absolute Gasteiger partial charge is 0.484 e. The third-order valence-electron chi connectivity index (χ3n) is 3.90. The van der Waals surface area contributed by atoms with Gasteiger partial charge in [0.05, 0.1) is 0 Å². The van der Waals surface area contributed by atoms with Gasteiger partial charge in [-0.05, 0) is 56.2 Å². The van der Waals surface area contributed by atoms with E-state index in [-0.39, 0.29) is 18.1 Å². The fourth-order valence-electron chi connectivity index (χ4n) is 2.71. The van der Waals surface area contributed by atoms with E-state index in [1.807, 2.05) is 63.2 Å². The molecule has 0 unspecified atom stereocenters. The van der Waals surface area contributed by atoms with E-state index in [0.717, 1.165) is 35.7 Å². The van der Waals surface area contributed by atoms with E-state index in [0.29, 0.717) is 12.5 Å². The first kappa shape index (κ1) is 19.0. The number of ether oxygens (including phenoxy) is 3. The van der Waals surface area contributed by atoms with Crippen molar-refractivity contribution in [2.75, 3.05) is 13.4 Å². The van der Waals surface area contributed by atoms with Gasteiger partial charge in [-0.1, -0.05) is 18.2 Å². The Morgan fingerprint density at radius 1 is 1.00 bits per heavy atom. The molecule has 6 nitrogen and oxygen atoms in total. The first-order chi connectivity index (χ1) is 12.9. The predicted molar refractivity (Wildman–Crippen MR) is 103 cm³/mol. The lowest BCUT2D eigenvalue weighted by Gasteiger charge is -2.20. The van der Waals surface area contributed by atoms with Crippen molar-refractivity contribution in [2.24, 2.45) is 0 Å². The minimum absolute atomic E-state index is 0.0129. The molecule has 2 N–H and O–H groups in total. The Bertz CT molecular complexity index is 782. The minimum atomic E-state index is -0.256. The highest BCUT2D eigenvalue weighted by molar-refractivity contribution is 5.78. The van der Waals surface area contributed by atoms with Gasteiger partial charge in [-0.2, -0.15) is 0 Å². The van der Waals surface area contributed by atoms with Gasteiger partial charge < -0.3 is 24.8 Å². The highest BCUT2D eigenvalue weighted by Crippen LogP contribution is 2.32. The topological polar surface area (TPSA) is 68.8 Å². The molecular formula is C21H26N2O4. The molecule has 3 rings (SSSR count). The molecule has 1 amide bonds. The van der Waals surface area contributed by atoms with Gasteiger partial charge in [-0.3, -0.25) is 4.79 Å². The summed E-state index contributed by atoms with van der Waals surface area (Å²) < 4.78 is 16.2. The van der Waals surface area contributed by atoms with Crippen LogP contribution < -0.4 is 24.8 Å². The van der Waals surface area contributed by atoms with E-state index in [1.165, 1.54) is 0 Å². The predicted octanol–water partition coefficient (Wildman–Crippen LogP) is 3.00. The molecule has 0 saturated heterocycles. The molecule has 0 bridgehead atoms. The second-order valence-corrected chi connectivity index (χ2v) is 7.52. The summed E-state index contributed by atoms with van der Waals surface area (Å²) in [6.45, 7) is 7.60. The fourth-order valence-corrected chi connectivity index (χ4v) is 2.71. The Hall–Kier alpha value is -2.73. The lowest BCUT2D eigenvalue weighted by atomic mass is 10.1. The highest BCUT2D eigenvalue weighted by Gasteiger charge is 2.14. The Labute approximate surface area is 159 Å². The lowest BCUT2D eigenvalue weighted by Crippen LogP contribution is -2.43. The third-order valence-corrected chi connectivity index (χ3v) is 3.90. The summed E-state index contributed by atoms with van der Waals surface area (Å²) in [7, 11) is 0. The molecule has 0 saturated carbocycles. The number of hydrogen-bond acceptors (Lipinski definition) is 5. The Kier molecular flexibility index (Phi) is 5.86. The Morgan fingerprint density at radius 3 is 2.41 bits per heavy atom. The van der Waals surface area contributed by atoms with Crippen molar-refractivity contribution in [3.63, 3.8) is 0 Å². The van der Waals surface area contributed by atoms with E-state index in [2.05, 4.69) is 10.6 Å². The van der Waals surface area contributed by atoms with Crippen LogP contribution in [0.5, 0.6) is 17.2 Å². The first-order valence-electron chi connectivity index (χ1n) is 9.01. The maximum absolute atomic E-state index is 11.8. The Morgan fingerprint density at radius 2 is 1.67 bits per heavy atom. The maximum Gasteiger partial charge on any atom is 0.258 e. The summed E-state index contributed by atoms with van der Waals surface area (Å²) in [6, 6.07) is 13.7. The molecule has 0 atom stereocenters. The van der Waals surface area contributed by atoms with Gasteiger partial charge in [0, 0.05) is 18.6 Å². The van der Waals surface area contributed by atoms with Crippen LogP contribution in [-0.4, -0.2) is 24.8 Å². The number of amides is 1. The zero-order chi connectivity index (χ0) is 19.3. The molecule has 0 aromatic heterocycles. The van der Waals surface area contributed by atoms with Crippen molar-refractivity contribution in [3.05, 3.63) is 53.6 Å². The Balaban J connectivity index is 1.42. The summed E-state index contributed by atoms with van der Waals surface area (Å²) >= 11 is 0. The second kappa shape index (κ2) is 8.31. The van der Waals surface area contributed by atoms with Gasteiger partial charge in [-0.25, -0.2) is 0 Å². The molecule has 144 valence electrons. The number of rotatable bonds is 7. The van der Waals surface area contributed by atoms with E-state index in [9.17, 15) is 4.79 Å². The van der Waals surface area contributed by atoms with E-state index < -0.39 is 0 Å².